The van der Waals surface area contributed by atoms with E-state index >= 15 is 0 Å². The summed E-state index contributed by atoms with van der Waals surface area (Å²) in [5.41, 5.74) is 0.804. The normalized spacial score (nSPS) is 22.7. The first-order chi connectivity index (χ1) is 11.3. The molecule has 1 unspecified atom stereocenters. The smallest absolute Gasteiger partial charge is 0.0728 e. The highest BCUT2D eigenvalue weighted by Crippen LogP contribution is 2.45. The number of aliphatic hydroxyl groups is 1. The lowest BCUT2D eigenvalue weighted by Crippen LogP contribution is -2.51. The van der Waals surface area contributed by atoms with Gasteiger partial charge < -0.3 is 15.3 Å². The Balaban J connectivity index is 1.71. The molecule has 1 atom stereocenters. The molecule has 23 heavy (non-hydrogen) atoms. The molecule has 2 aliphatic rings. The predicted molar refractivity (Wildman–Crippen MR) is 94.8 cm³/mol. The summed E-state index contributed by atoms with van der Waals surface area (Å²) in [7, 11) is 0. The number of rotatable bonds is 4. The molecule has 0 aromatic heterocycles. The summed E-state index contributed by atoms with van der Waals surface area (Å²) in [6.45, 7) is 5.24. The molecular formula is C20H26N2O. The van der Waals surface area contributed by atoms with Crippen LogP contribution in [0.1, 0.15) is 30.7 Å². The second-order valence-corrected chi connectivity index (χ2v) is 7.13. The average Bonchev–Trinajstić information content (AvgIpc) is 2.58. The highest BCUT2D eigenvalue weighted by Gasteiger charge is 2.44. The monoisotopic (exact) mass is 310 g/mol. The zero-order chi connectivity index (χ0) is 15.7. The van der Waals surface area contributed by atoms with Crippen molar-refractivity contribution in [3.8, 4) is 0 Å². The molecular weight excluding hydrogens is 284 g/mol. The summed E-state index contributed by atoms with van der Waals surface area (Å²) in [5, 5.41) is 17.2. The van der Waals surface area contributed by atoms with E-state index in [9.17, 15) is 5.11 Å². The van der Waals surface area contributed by atoms with E-state index in [-0.39, 0.29) is 5.92 Å². The fourth-order valence-electron chi connectivity index (χ4n) is 4.15. The van der Waals surface area contributed by atoms with Gasteiger partial charge in [-0.25, -0.2) is 0 Å². The van der Waals surface area contributed by atoms with E-state index < -0.39 is 5.60 Å². The molecule has 0 radical (unpaired) electrons. The van der Waals surface area contributed by atoms with Gasteiger partial charge >= 0.3 is 0 Å². The van der Waals surface area contributed by atoms with Crippen LogP contribution in [-0.2, 0) is 0 Å². The van der Waals surface area contributed by atoms with Gasteiger partial charge in [-0.05, 0) is 35.6 Å². The van der Waals surface area contributed by atoms with Crippen LogP contribution in [0.3, 0.4) is 0 Å². The molecule has 1 saturated heterocycles. The van der Waals surface area contributed by atoms with Gasteiger partial charge in [0.25, 0.3) is 0 Å². The molecule has 3 heteroatoms. The Bertz CT molecular complexity index is 669. The van der Waals surface area contributed by atoms with E-state index in [1.54, 1.807) is 0 Å². The van der Waals surface area contributed by atoms with Crippen molar-refractivity contribution >= 4 is 10.8 Å². The van der Waals surface area contributed by atoms with Gasteiger partial charge in [-0.3, -0.25) is 0 Å². The summed E-state index contributed by atoms with van der Waals surface area (Å²) in [6.07, 6.45) is 3.03. The molecule has 0 bridgehead atoms. The van der Waals surface area contributed by atoms with Gasteiger partial charge in [-0.15, -0.1) is 0 Å². The fraction of sp³-hybridized carbons (Fsp3) is 0.500. The Morgan fingerprint density at radius 2 is 1.78 bits per heavy atom. The lowest BCUT2D eigenvalue weighted by Gasteiger charge is -2.46. The van der Waals surface area contributed by atoms with E-state index in [4.69, 9.17) is 0 Å². The van der Waals surface area contributed by atoms with Crippen LogP contribution in [0, 0.1) is 0 Å². The van der Waals surface area contributed by atoms with Crippen molar-refractivity contribution in [2.45, 2.75) is 30.8 Å². The minimum atomic E-state index is -0.519. The molecule has 2 aromatic carbocycles. The van der Waals surface area contributed by atoms with Gasteiger partial charge in [-0.1, -0.05) is 42.5 Å². The number of nitrogens with one attached hydrogen (secondary N) is 1. The van der Waals surface area contributed by atoms with Crippen LogP contribution in [0.2, 0.25) is 0 Å². The molecule has 1 aliphatic heterocycles. The standard InChI is InChI=1S/C20H26N2O/c23-20(9-4-10-20)19(15-22-13-11-21-12-14-22)18-8-3-6-16-5-1-2-7-17(16)18/h1-3,5-8,19,21,23H,4,9-15H2. The average molecular weight is 310 g/mol. The Labute approximate surface area is 138 Å². The van der Waals surface area contributed by atoms with Crippen molar-refractivity contribution in [2.24, 2.45) is 0 Å². The van der Waals surface area contributed by atoms with Gasteiger partial charge in [0.05, 0.1) is 5.60 Å². The third-order valence-corrected chi connectivity index (χ3v) is 5.72. The molecule has 0 amide bonds. The zero-order valence-electron chi connectivity index (χ0n) is 13.7. The fourth-order valence-corrected chi connectivity index (χ4v) is 4.15. The minimum Gasteiger partial charge on any atom is -0.389 e. The van der Waals surface area contributed by atoms with Gasteiger partial charge in [0, 0.05) is 38.6 Å². The van der Waals surface area contributed by atoms with Crippen LogP contribution in [0.4, 0.5) is 0 Å². The lowest BCUT2D eigenvalue weighted by atomic mass is 9.67. The second-order valence-electron chi connectivity index (χ2n) is 7.13. The van der Waals surface area contributed by atoms with E-state index in [2.05, 4.69) is 52.7 Å². The molecule has 1 heterocycles. The highest BCUT2D eigenvalue weighted by molar-refractivity contribution is 5.86. The number of hydrogen-bond donors (Lipinski definition) is 2. The maximum atomic E-state index is 11.2. The van der Waals surface area contributed by atoms with E-state index in [1.165, 1.54) is 16.3 Å². The maximum Gasteiger partial charge on any atom is 0.0728 e. The Kier molecular flexibility index (Phi) is 4.10. The topological polar surface area (TPSA) is 35.5 Å². The van der Waals surface area contributed by atoms with Crippen LogP contribution < -0.4 is 5.32 Å². The molecule has 2 fully saturated rings. The summed E-state index contributed by atoms with van der Waals surface area (Å²) in [5.74, 6) is 0.209. The highest BCUT2D eigenvalue weighted by atomic mass is 16.3. The number of nitrogens with zero attached hydrogens (tertiary/aromatic N) is 1. The number of hydrogen-bond acceptors (Lipinski definition) is 3. The molecule has 2 aromatic rings. The first-order valence-corrected chi connectivity index (χ1v) is 8.89. The second kappa shape index (κ2) is 6.23. The summed E-state index contributed by atoms with van der Waals surface area (Å²) >= 11 is 0. The van der Waals surface area contributed by atoms with Gasteiger partial charge in [0.2, 0.25) is 0 Å². The first kappa shape index (κ1) is 15.1. The maximum absolute atomic E-state index is 11.2. The van der Waals surface area contributed by atoms with Crippen LogP contribution in [0.15, 0.2) is 42.5 Å². The summed E-state index contributed by atoms with van der Waals surface area (Å²) in [4.78, 5) is 2.51. The van der Waals surface area contributed by atoms with Crippen LogP contribution in [0.25, 0.3) is 10.8 Å². The van der Waals surface area contributed by atoms with Crippen LogP contribution >= 0.6 is 0 Å². The lowest BCUT2D eigenvalue weighted by molar-refractivity contribution is -0.0648. The van der Waals surface area contributed by atoms with Crippen LogP contribution in [0.5, 0.6) is 0 Å². The quantitative estimate of drug-likeness (QED) is 0.911. The molecule has 4 rings (SSSR count). The largest absolute Gasteiger partial charge is 0.389 e. The van der Waals surface area contributed by atoms with Crippen molar-refractivity contribution in [3.63, 3.8) is 0 Å². The number of fused-ring (bicyclic) bond motifs is 1. The van der Waals surface area contributed by atoms with Gasteiger partial charge in [0.15, 0.2) is 0 Å². The molecule has 2 N–H and O–H groups in total. The predicted octanol–water partition coefficient (Wildman–Crippen LogP) is 2.74. The SMILES string of the molecule is OC1(C(CN2CCNCC2)c2cccc3ccccc23)CCC1. The molecule has 3 nitrogen and oxygen atoms in total. The third-order valence-electron chi connectivity index (χ3n) is 5.72. The molecule has 0 spiro atoms. The Morgan fingerprint density at radius 3 is 2.52 bits per heavy atom. The number of piperazine rings is 1. The molecule has 1 saturated carbocycles. The molecule has 1 aliphatic carbocycles. The Hall–Kier alpha value is -1.42. The van der Waals surface area contributed by atoms with Gasteiger partial charge in [-0.2, -0.15) is 0 Å². The van der Waals surface area contributed by atoms with Gasteiger partial charge in [0.1, 0.15) is 0 Å². The van der Waals surface area contributed by atoms with E-state index in [0.717, 1.165) is 52.0 Å². The van der Waals surface area contributed by atoms with E-state index in [1.807, 2.05) is 0 Å². The van der Waals surface area contributed by atoms with Crippen LogP contribution in [-0.4, -0.2) is 48.3 Å². The first-order valence-electron chi connectivity index (χ1n) is 8.89. The van der Waals surface area contributed by atoms with Crippen molar-refractivity contribution in [2.75, 3.05) is 32.7 Å². The van der Waals surface area contributed by atoms with Crippen molar-refractivity contribution < 1.29 is 5.11 Å². The minimum absolute atomic E-state index is 0.209. The van der Waals surface area contributed by atoms with Crippen molar-refractivity contribution in [1.29, 1.82) is 0 Å². The van der Waals surface area contributed by atoms with E-state index in [0.29, 0.717) is 0 Å². The third kappa shape index (κ3) is 2.89. The number of benzene rings is 2. The summed E-state index contributed by atoms with van der Waals surface area (Å²) < 4.78 is 0. The summed E-state index contributed by atoms with van der Waals surface area (Å²) in [6, 6.07) is 15.1. The Morgan fingerprint density at radius 1 is 1.04 bits per heavy atom. The zero-order valence-corrected chi connectivity index (χ0v) is 13.7. The van der Waals surface area contributed by atoms with Crippen molar-refractivity contribution in [3.05, 3.63) is 48.0 Å². The molecule has 122 valence electrons. The van der Waals surface area contributed by atoms with Crippen molar-refractivity contribution in [1.82, 2.24) is 10.2 Å².